The third-order valence-corrected chi connectivity index (χ3v) is 3.04. The first-order chi connectivity index (χ1) is 8.22. The molecular formula is C15H20N2. The summed E-state index contributed by atoms with van der Waals surface area (Å²) in [7, 11) is 0. The van der Waals surface area contributed by atoms with Crippen molar-refractivity contribution in [2.75, 3.05) is 6.54 Å². The number of nitrogens with one attached hydrogen (secondary N) is 1. The molecule has 0 radical (unpaired) electrons. The van der Waals surface area contributed by atoms with Crippen molar-refractivity contribution in [1.29, 1.82) is 0 Å². The van der Waals surface area contributed by atoms with Crippen molar-refractivity contribution in [3.05, 3.63) is 41.6 Å². The molecule has 0 bridgehead atoms. The van der Waals surface area contributed by atoms with E-state index >= 15 is 0 Å². The zero-order valence-electron chi connectivity index (χ0n) is 10.8. The molecule has 0 aliphatic carbocycles. The summed E-state index contributed by atoms with van der Waals surface area (Å²) >= 11 is 0. The minimum atomic E-state index is 0.376. The average Bonchev–Trinajstić information content (AvgIpc) is 2.34. The molecule has 2 rings (SSSR count). The molecule has 90 valence electrons. The van der Waals surface area contributed by atoms with Crippen molar-refractivity contribution < 1.29 is 0 Å². The van der Waals surface area contributed by atoms with E-state index in [2.05, 4.69) is 55.3 Å². The van der Waals surface area contributed by atoms with Gasteiger partial charge in [0, 0.05) is 17.1 Å². The van der Waals surface area contributed by atoms with Crippen LogP contribution in [-0.2, 0) is 0 Å². The fourth-order valence-electron chi connectivity index (χ4n) is 2.17. The molecule has 0 spiro atoms. The molecule has 1 atom stereocenters. The second kappa shape index (κ2) is 5.28. The van der Waals surface area contributed by atoms with Crippen LogP contribution in [0.5, 0.6) is 0 Å². The summed E-state index contributed by atoms with van der Waals surface area (Å²) in [6, 6.07) is 10.9. The van der Waals surface area contributed by atoms with Crippen molar-refractivity contribution >= 4 is 10.9 Å². The standard InChI is InChI=1S/C15H20N2/c1-4-9-16-12(3)14-10-11(2)17-15-8-6-5-7-13(14)15/h5-8,10,12,16H,4,9H2,1-3H3. The van der Waals surface area contributed by atoms with Crippen LogP contribution in [-0.4, -0.2) is 11.5 Å². The summed E-state index contributed by atoms with van der Waals surface area (Å²) in [6.45, 7) is 7.52. The summed E-state index contributed by atoms with van der Waals surface area (Å²) in [5.74, 6) is 0. The lowest BCUT2D eigenvalue weighted by Crippen LogP contribution is -2.19. The first-order valence-corrected chi connectivity index (χ1v) is 6.32. The van der Waals surface area contributed by atoms with Gasteiger partial charge in [-0.05, 0) is 44.5 Å². The van der Waals surface area contributed by atoms with E-state index in [9.17, 15) is 0 Å². The first kappa shape index (κ1) is 12.1. The molecule has 0 saturated carbocycles. The van der Waals surface area contributed by atoms with Gasteiger partial charge >= 0.3 is 0 Å². The highest BCUT2D eigenvalue weighted by atomic mass is 14.9. The molecule has 0 fully saturated rings. The van der Waals surface area contributed by atoms with Gasteiger partial charge in [-0.25, -0.2) is 0 Å². The highest BCUT2D eigenvalue weighted by molar-refractivity contribution is 5.82. The van der Waals surface area contributed by atoms with Crippen LogP contribution in [0.4, 0.5) is 0 Å². The van der Waals surface area contributed by atoms with E-state index in [4.69, 9.17) is 0 Å². The molecule has 0 aliphatic heterocycles. The van der Waals surface area contributed by atoms with E-state index in [-0.39, 0.29) is 0 Å². The van der Waals surface area contributed by atoms with Gasteiger partial charge in [0.25, 0.3) is 0 Å². The van der Waals surface area contributed by atoms with Gasteiger partial charge in [0.1, 0.15) is 0 Å². The van der Waals surface area contributed by atoms with Crippen molar-refractivity contribution in [2.45, 2.75) is 33.2 Å². The fraction of sp³-hybridized carbons (Fsp3) is 0.400. The van der Waals surface area contributed by atoms with E-state index in [1.807, 2.05) is 6.07 Å². The van der Waals surface area contributed by atoms with Crippen LogP contribution in [0.2, 0.25) is 0 Å². The topological polar surface area (TPSA) is 24.9 Å². The molecule has 2 heteroatoms. The molecule has 1 aromatic heterocycles. The lowest BCUT2D eigenvalue weighted by Gasteiger charge is -2.16. The lowest BCUT2D eigenvalue weighted by molar-refractivity contribution is 0.573. The molecule has 2 nitrogen and oxygen atoms in total. The number of pyridine rings is 1. The third kappa shape index (κ3) is 2.64. The molecule has 1 heterocycles. The van der Waals surface area contributed by atoms with Crippen LogP contribution in [0.3, 0.4) is 0 Å². The predicted octanol–water partition coefficient (Wildman–Crippen LogP) is 3.60. The zero-order valence-corrected chi connectivity index (χ0v) is 10.8. The Balaban J connectivity index is 2.44. The maximum Gasteiger partial charge on any atom is 0.0708 e. The number of nitrogens with zero attached hydrogens (tertiary/aromatic N) is 1. The summed E-state index contributed by atoms with van der Waals surface area (Å²) < 4.78 is 0. The second-order valence-corrected chi connectivity index (χ2v) is 4.55. The first-order valence-electron chi connectivity index (χ1n) is 6.32. The number of aromatic nitrogens is 1. The van der Waals surface area contributed by atoms with E-state index in [1.54, 1.807) is 0 Å². The molecule has 2 aromatic rings. The van der Waals surface area contributed by atoms with Gasteiger partial charge in [0.05, 0.1) is 5.52 Å². The Kier molecular flexibility index (Phi) is 3.75. The maximum absolute atomic E-state index is 4.57. The Hall–Kier alpha value is -1.41. The van der Waals surface area contributed by atoms with Crippen LogP contribution in [0.1, 0.15) is 37.6 Å². The summed E-state index contributed by atoms with van der Waals surface area (Å²) in [5.41, 5.74) is 3.53. The van der Waals surface area contributed by atoms with Gasteiger partial charge in [0.15, 0.2) is 0 Å². The Morgan fingerprint density at radius 1 is 1.29 bits per heavy atom. The van der Waals surface area contributed by atoms with Crippen LogP contribution < -0.4 is 5.32 Å². The smallest absolute Gasteiger partial charge is 0.0708 e. The van der Waals surface area contributed by atoms with Gasteiger partial charge in [-0.2, -0.15) is 0 Å². The Labute approximate surface area is 103 Å². The van der Waals surface area contributed by atoms with Gasteiger partial charge < -0.3 is 5.32 Å². The predicted molar refractivity (Wildman–Crippen MR) is 73.2 cm³/mol. The molecule has 0 aliphatic rings. The number of fused-ring (bicyclic) bond motifs is 1. The number of aryl methyl sites for hydroxylation is 1. The maximum atomic E-state index is 4.57. The lowest BCUT2D eigenvalue weighted by atomic mass is 10.0. The third-order valence-electron chi connectivity index (χ3n) is 3.04. The Morgan fingerprint density at radius 3 is 2.82 bits per heavy atom. The van der Waals surface area contributed by atoms with E-state index in [1.165, 1.54) is 10.9 Å². The monoisotopic (exact) mass is 228 g/mol. The highest BCUT2D eigenvalue weighted by Crippen LogP contribution is 2.23. The molecule has 0 amide bonds. The number of hydrogen-bond donors (Lipinski definition) is 1. The van der Waals surface area contributed by atoms with Gasteiger partial charge in [0.2, 0.25) is 0 Å². The van der Waals surface area contributed by atoms with Crippen molar-refractivity contribution in [1.82, 2.24) is 10.3 Å². The fourth-order valence-corrected chi connectivity index (χ4v) is 2.17. The van der Waals surface area contributed by atoms with E-state index in [0.717, 1.165) is 24.2 Å². The quantitative estimate of drug-likeness (QED) is 0.864. The van der Waals surface area contributed by atoms with Crippen molar-refractivity contribution in [2.24, 2.45) is 0 Å². The van der Waals surface area contributed by atoms with Crippen LogP contribution >= 0.6 is 0 Å². The number of hydrogen-bond acceptors (Lipinski definition) is 2. The molecule has 17 heavy (non-hydrogen) atoms. The largest absolute Gasteiger partial charge is 0.310 e. The Morgan fingerprint density at radius 2 is 2.06 bits per heavy atom. The van der Waals surface area contributed by atoms with Crippen LogP contribution in [0.25, 0.3) is 10.9 Å². The second-order valence-electron chi connectivity index (χ2n) is 4.55. The SMILES string of the molecule is CCCNC(C)c1cc(C)nc2ccccc12. The highest BCUT2D eigenvalue weighted by Gasteiger charge is 2.09. The normalized spacial score (nSPS) is 12.9. The van der Waals surface area contributed by atoms with Gasteiger partial charge in [-0.15, -0.1) is 0 Å². The van der Waals surface area contributed by atoms with Gasteiger partial charge in [-0.1, -0.05) is 25.1 Å². The van der Waals surface area contributed by atoms with E-state index in [0.29, 0.717) is 6.04 Å². The molecule has 1 unspecified atom stereocenters. The minimum Gasteiger partial charge on any atom is -0.310 e. The number of benzene rings is 1. The summed E-state index contributed by atoms with van der Waals surface area (Å²) in [6.07, 6.45) is 1.16. The van der Waals surface area contributed by atoms with Crippen molar-refractivity contribution in [3.63, 3.8) is 0 Å². The van der Waals surface area contributed by atoms with Crippen molar-refractivity contribution in [3.8, 4) is 0 Å². The summed E-state index contributed by atoms with van der Waals surface area (Å²) in [5, 5.41) is 4.80. The number of rotatable bonds is 4. The molecular weight excluding hydrogens is 208 g/mol. The van der Waals surface area contributed by atoms with Crippen LogP contribution in [0, 0.1) is 6.92 Å². The molecule has 1 aromatic carbocycles. The summed E-state index contributed by atoms with van der Waals surface area (Å²) in [4.78, 5) is 4.57. The van der Waals surface area contributed by atoms with Gasteiger partial charge in [-0.3, -0.25) is 4.98 Å². The number of para-hydroxylation sites is 1. The van der Waals surface area contributed by atoms with E-state index < -0.39 is 0 Å². The minimum absolute atomic E-state index is 0.376. The van der Waals surface area contributed by atoms with Crippen LogP contribution in [0.15, 0.2) is 30.3 Å². The Bertz CT molecular complexity index is 505. The molecule has 0 saturated heterocycles. The average molecular weight is 228 g/mol. The molecule has 1 N–H and O–H groups in total. The zero-order chi connectivity index (χ0) is 12.3.